The van der Waals surface area contributed by atoms with Crippen molar-refractivity contribution in [2.45, 2.75) is 13.5 Å². The molecule has 0 aliphatic heterocycles. The van der Waals surface area contributed by atoms with Gasteiger partial charge in [-0.25, -0.2) is 9.97 Å². The predicted octanol–water partition coefficient (Wildman–Crippen LogP) is 1.27. The molecule has 0 aromatic carbocycles. The lowest BCUT2D eigenvalue weighted by Gasteiger charge is -2.04. The van der Waals surface area contributed by atoms with Gasteiger partial charge >= 0.3 is 0 Å². The molecule has 2 rings (SSSR count). The van der Waals surface area contributed by atoms with E-state index in [-0.39, 0.29) is 23.6 Å². The number of amides is 1. The van der Waals surface area contributed by atoms with Crippen LogP contribution in [0.15, 0.2) is 17.6 Å². The van der Waals surface area contributed by atoms with Gasteiger partial charge in [-0.05, 0) is 13.0 Å². The van der Waals surface area contributed by atoms with E-state index in [0.29, 0.717) is 0 Å². The van der Waals surface area contributed by atoms with Crippen LogP contribution >= 0.6 is 11.3 Å². The maximum atomic E-state index is 12.0. The predicted molar refractivity (Wildman–Crippen MR) is 73.3 cm³/mol. The van der Waals surface area contributed by atoms with Gasteiger partial charge < -0.3 is 11.1 Å². The van der Waals surface area contributed by atoms with Gasteiger partial charge in [0.1, 0.15) is 22.6 Å². The summed E-state index contributed by atoms with van der Waals surface area (Å²) in [6, 6.07) is 1.18. The van der Waals surface area contributed by atoms with Crippen molar-refractivity contribution in [1.29, 1.82) is 0 Å². The van der Waals surface area contributed by atoms with Crippen molar-refractivity contribution in [3.8, 4) is 0 Å². The molecule has 0 radical (unpaired) electrons. The zero-order valence-electron chi connectivity index (χ0n) is 10.5. The molecule has 20 heavy (non-hydrogen) atoms. The van der Waals surface area contributed by atoms with E-state index >= 15 is 0 Å². The number of carbonyl (C=O) groups is 1. The SMILES string of the molecule is Cc1csc(CNC(=O)c2cc(N)ncc2[N+](=O)[O-])n1. The lowest BCUT2D eigenvalue weighted by atomic mass is 10.2. The summed E-state index contributed by atoms with van der Waals surface area (Å²) in [6.45, 7) is 2.05. The third-order valence-corrected chi connectivity index (χ3v) is 3.38. The van der Waals surface area contributed by atoms with Crippen molar-refractivity contribution in [1.82, 2.24) is 15.3 Å². The van der Waals surface area contributed by atoms with Gasteiger partial charge in [0.25, 0.3) is 11.6 Å². The fourth-order valence-corrected chi connectivity index (χ4v) is 2.24. The molecule has 0 aliphatic carbocycles. The average Bonchev–Trinajstić information content (AvgIpc) is 2.81. The summed E-state index contributed by atoms with van der Waals surface area (Å²) in [5, 5.41) is 16.0. The Hall–Kier alpha value is -2.55. The molecule has 2 heterocycles. The Balaban J connectivity index is 2.16. The Kier molecular flexibility index (Phi) is 3.89. The van der Waals surface area contributed by atoms with Gasteiger partial charge in [-0.1, -0.05) is 0 Å². The molecular formula is C11H11N5O3S. The van der Waals surface area contributed by atoms with Crippen molar-refractivity contribution in [2.24, 2.45) is 0 Å². The van der Waals surface area contributed by atoms with Gasteiger partial charge in [0.05, 0.1) is 11.5 Å². The number of carbonyl (C=O) groups excluding carboxylic acids is 1. The number of nitrogens with two attached hydrogens (primary N) is 1. The first-order valence-electron chi connectivity index (χ1n) is 5.56. The summed E-state index contributed by atoms with van der Waals surface area (Å²) in [5.74, 6) is -0.538. The summed E-state index contributed by atoms with van der Waals surface area (Å²) >= 11 is 1.40. The first kappa shape index (κ1) is 13.9. The number of nitrogens with zero attached hydrogens (tertiary/aromatic N) is 3. The molecule has 9 heteroatoms. The van der Waals surface area contributed by atoms with E-state index in [4.69, 9.17) is 5.73 Å². The number of nitro groups is 1. The molecule has 3 N–H and O–H groups in total. The number of thiazole rings is 1. The van der Waals surface area contributed by atoms with E-state index in [1.165, 1.54) is 17.4 Å². The smallest absolute Gasteiger partial charge is 0.300 e. The highest BCUT2D eigenvalue weighted by Crippen LogP contribution is 2.19. The number of hydrogen-bond acceptors (Lipinski definition) is 7. The number of hydrogen-bond donors (Lipinski definition) is 2. The fourth-order valence-electron chi connectivity index (χ4n) is 1.53. The fraction of sp³-hybridized carbons (Fsp3) is 0.182. The maximum Gasteiger partial charge on any atom is 0.300 e. The lowest BCUT2D eigenvalue weighted by Crippen LogP contribution is -2.24. The van der Waals surface area contributed by atoms with E-state index < -0.39 is 10.8 Å². The molecule has 2 aromatic rings. The molecule has 0 bridgehead atoms. The highest BCUT2D eigenvalue weighted by atomic mass is 32.1. The van der Waals surface area contributed by atoms with Crippen molar-refractivity contribution in [3.05, 3.63) is 44.0 Å². The summed E-state index contributed by atoms with van der Waals surface area (Å²) < 4.78 is 0. The summed E-state index contributed by atoms with van der Waals surface area (Å²) in [4.78, 5) is 30.0. The normalized spacial score (nSPS) is 10.2. The van der Waals surface area contributed by atoms with E-state index in [1.807, 2.05) is 12.3 Å². The van der Waals surface area contributed by atoms with Crippen LogP contribution in [0.5, 0.6) is 0 Å². The maximum absolute atomic E-state index is 12.0. The van der Waals surface area contributed by atoms with Crippen LogP contribution in [-0.2, 0) is 6.54 Å². The molecule has 0 saturated heterocycles. The van der Waals surface area contributed by atoms with Gasteiger partial charge in [0.2, 0.25) is 0 Å². The number of anilines is 1. The van der Waals surface area contributed by atoms with Crippen LogP contribution in [0.1, 0.15) is 21.1 Å². The Bertz CT molecular complexity index is 670. The minimum absolute atomic E-state index is 0.0471. The number of nitrogens with one attached hydrogen (secondary N) is 1. The van der Waals surface area contributed by atoms with Crippen LogP contribution in [0.25, 0.3) is 0 Å². The van der Waals surface area contributed by atoms with Crippen LogP contribution in [0.2, 0.25) is 0 Å². The standard InChI is InChI=1S/C11H11N5O3S/c1-6-5-20-10(15-6)4-14-11(17)7-2-9(12)13-3-8(7)16(18)19/h2-3,5H,4H2,1H3,(H2,12,13)(H,14,17). The Labute approximate surface area is 117 Å². The third-order valence-electron chi connectivity index (χ3n) is 2.41. The van der Waals surface area contributed by atoms with Crippen molar-refractivity contribution < 1.29 is 9.72 Å². The van der Waals surface area contributed by atoms with Crippen LogP contribution in [0, 0.1) is 17.0 Å². The lowest BCUT2D eigenvalue weighted by molar-refractivity contribution is -0.385. The molecule has 2 aromatic heterocycles. The second-order valence-electron chi connectivity index (χ2n) is 3.95. The molecule has 104 valence electrons. The van der Waals surface area contributed by atoms with Crippen LogP contribution in [-0.4, -0.2) is 20.8 Å². The molecule has 0 unspecified atom stereocenters. The highest BCUT2D eigenvalue weighted by Gasteiger charge is 2.21. The number of aromatic nitrogens is 2. The molecule has 0 atom stereocenters. The van der Waals surface area contributed by atoms with Crippen molar-refractivity contribution >= 4 is 28.7 Å². The Morgan fingerprint density at radius 3 is 2.95 bits per heavy atom. The number of pyridine rings is 1. The Morgan fingerprint density at radius 2 is 2.35 bits per heavy atom. The molecule has 0 saturated carbocycles. The molecule has 0 aliphatic rings. The van der Waals surface area contributed by atoms with E-state index in [2.05, 4.69) is 15.3 Å². The number of aryl methyl sites for hydroxylation is 1. The van der Waals surface area contributed by atoms with Crippen LogP contribution in [0.3, 0.4) is 0 Å². The van der Waals surface area contributed by atoms with Gasteiger partial charge in [-0.15, -0.1) is 11.3 Å². The first-order valence-corrected chi connectivity index (χ1v) is 6.44. The largest absolute Gasteiger partial charge is 0.384 e. The summed E-state index contributed by atoms with van der Waals surface area (Å²) in [7, 11) is 0. The van der Waals surface area contributed by atoms with Gasteiger partial charge in [-0.3, -0.25) is 14.9 Å². The molecular weight excluding hydrogens is 282 g/mol. The third kappa shape index (κ3) is 3.06. The van der Waals surface area contributed by atoms with Crippen molar-refractivity contribution in [2.75, 3.05) is 5.73 Å². The minimum Gasteiger partial charge on any atom is -0.384 e. The van der Waals surface area contributed by atoms with Crippen molar-refractivity contribution in [3.63, 3.8) is 0 Å². The van der Waals surface area contributed by atoms with E-state index in [9.17, 15) is 14.9 Å². The average molecular weight is 293 g/mol. The second kappa shape index (κ2) is 5.61. The summed E-state index contributed by atoms with van der Waals surface area (Å²) in [5.41, 5.74) is 5.81. The van der Waals surface area contributed by atoms with Gasteiger partial charge in [-0.2, -0.15) is 0 Å². The topological polar surface area (TPSA) is 124 Å². The number of rotatable bonds is 4. The van der Waals surface area contributed by atoms with E-state index in [1.54, 1.807) is 0 Å². The quantitative estimate of drug-likeness (QED) is 0.646. The monoisotopic (exact) mass is 293 g/mol. The van der Waals surface area contributed by atoms with Gasteiger partial charge in [0, 0.05) is 11.1 Å². The minimum atomic E-state index is -0.672. The molecule has 1 amide bonds. The molecule has 0 fully saturated rings. The van der Waals surface area contributed by atoms with Gasteiger partial charge in [0.15, 0.2) is 0 Å². The zero-order chi connectivity index (χ0) is 14.7. The molecule has 8 nitrogen and oxygen atoms in total. The Morgan fingerprint density at radius 1 is 1.60 bits per heavy atom. The van der Waals surface area contributed by atoms with E-state index in [0.717, 1.165) is 16.9 Å². The number of nitrogen functional groups attached to an aromatic ring is 1. The zero-order valence-corrected chi connectivity index (χ0v) is 11.3. The van der Waals surface area contributed by atoms with Crippen LogP contribution < -0.4 is 11.1 Å². The molecule has 0 spiro atoms. The first-order chi connectivity index (χ1) is 9.47. The highest BCUT2D eigenvalue weighted by molar-refractivity contribution is 7.09. The van der Waals surface area contributed by atoms with Crippen LogP contribution in [0.4, 0.5) is 11.5 Å². The second-order valence-corrected chi connectivity index (χ2v) is 4.89. The summed E-state index contributed by atoms with van der Waals surface area (Å²) in [6.07, 6.45) is 0.970.